The molecule has 0 saturated heterocycles. The summed E-state index contributed by atoms with van der Waals surface area (Å²) in [4.78, 5) is 4.88. The Morgan fingerprint density at radius 2 is 2.05 bits per heavy atom. The number of nitrogens with zero attached hydrogens (tertiary/aromatic N) is 1. The molecule has 3 rings (SSSR count). The molecule has 1 atom stereocenters. The second kappa shape index (κ2) is 6.36. The summed E-state index contributed by atoms with van der Waals surface area (Å²) in [6.07, 6.45) is 6.63. The molecule has 1 aromatic heterocycles. The molecule has 1 unspecified atom stereocenters. The van der Waals surface area contributed by atoms with Crippen LogP contribution in [-0.4, -0.2) is 11.5 Å². The van der Waals surface area contributed by atoms with Crippen LogP contribution in [0.2, 0.25) is 0 Å². The molecule has 2 aromatic rings. The van der Waals surface area contributed by atoms with Crippen LogP contribution in [0.25, 0.3) is 10.9 Å². The maximum Gasteiger partial charge on any atom is 0.0706 e. The maximum atomic E-state index is 4.88. The molecule has 0 bridgehead atoms. The van der Waals surface area contributed by atoms with Crippen LogP contribution in [0.4, 0.5) is 0 Å². The lowest BCUT2D eigenvalue weighted by Crippen LogP contribution is -2.27. The van der Waals surface area contributed by atoms with Crippen molar-refractivity contribution in [3.63, 3.8) is 0 Å². The summed E-state index contributed by atoms with van der Waals surface area (Å²) in [5, 5.41) is 4.92. The van der Waals surface area contributed by atoms with E-state index in [-0.39, 0.29) is 0 Å². The third-order valence-corrected chi connectivity index (χ3v) is 4.41. The fourth-order valence-corrected chi connectivity index (χ4v) is 2.96. The van der Waals surface area contributed by atoms with Gasteiger partial charge in [0.05, 0.1) is 11.2 Å². The van der Waals surface area contributed by atoms with E-state index in [4.69, 9.17) is 4.98 Å². The quantitative estimate of drug-likeness (QED) is 0.836. The highest BCUT2D eigenvalue weighted by atomic mass is 14.9. The molecule has 2 nitrogen and oxygen atoms in total. The van der Waals surface area contributed by atoms with E-state index < -0.39 is 0 Å². The fraction of sp³-hybridized carbons (Fsp3) is 0.500. The van der Waals surface area contributed by atoms with Crippen molar-refractivity contribution in [1.82, 2.24) is 10.3 Å². The summed E-state index contributed by atoms with van der Waals surface area (Å²) in [7, 11) is 0. The summed E-state index contributed by atoms with van der Waals surface area (Å²) in [6, 6.07) is 13.2. The van der Waals surface area contributed by atoms with Gasteiger partial charge in [0.2, 0.25) is 0 Å². The molecule has 1 aliphatic rings. The Morgan fingerprint density at radius 1 is 1.20 bits per heavy atom. The van der Waals surface area contributed by atoms with Gasteiger partial charge in [-0.05, 0) is 37.4 Å². The van der Waals surface area contributed by atoms with Gasteiger partial charge in [-0.1, -0.05) is 50.5 Å². The van der Waals surface area contributed by atoms with E-state index in [1.54, 1.807) is 0 Å². The lowest BCUT2D eigenvalue weighted by Gasteiger charge is -2.30. The standard InChI is InChI=1S/C18H24N2/c1-2-12-19-18(13-14-6-5-7-14)17-11-10-15-8-3-4-9-16(15)20-17/h3-4,8-11,14,18-19H,2,5-7,12-13H2,1H3. The lowest BCUT2D eigenvalue weighted by molar-refractivity contribution is 0.259. The van der Waals surface area contributed by atoms with E-state index in [0.29, 0.717) is 6.04 Å². The minimum atomic E-state index is 0.421. The second-order valence-electron chi connectivity index (χ2n) is 5.97. The van der Waals surface area contributed by atoms with Gasteiger partial charge in [-0.2, -0.15) is 0 Å². The number of hydrogen-bond donors (Lipinski definition) is 1. The number of nitrogens with one attached hydrogen (secondary N) is 1. The van der Waals surface area contributed by atoms with E-state index in [1.807, 2.05) is 0 Å². The van der Waals surface area contributed by atoms with Crippen molar-refractivity contribution >= 4 is 10.9 Å². The maximum absolute atomic E-state index is 4.88. The first kappa shape index (κ1) is 13.6. The third kappa shape index (κ3) is 3.01. The van der Waals surface area contributed by atoms with Crippen LogP contribution in [0.15, 0.2) is 36.4 Å². The molecule has 1 heterocycles. The minimum absolute atomic E-state index is 0.421. The largest absolute Gasteiger partial charge is 0.309 e. The van der Waals surface area contributed by atoms with Crippen molar-refractivity contribution in [2.24, 2.45) is 5.92 Å². The van der Waals surface area contributed by atoms with Gasteiger partial charge in [-0.25, -0.2) is 0 Å². The van der Waals surface area contributed by atoms with Crippen molar-refractivity contribution < 1.29 is 0 Å². The van der Waals surface area contributed by atoms with E-state index in [0.717, 1.165) is 18.0 Å². The van der Waals surface area contributed by atoms with Crippen LogP contribution in [0.1, 0.15) is 50.8 Å². The number of hydrogen-bond acceptors (Lipinski definition) is 2. The first-order valence-corrected chi connectivity index (χ1v) is 7.96. The van der Waals surface area contributed by atoms with E-state index in [2.05, 4.69) is 48.6 Å². The van der Waals surface area contributed by atoms with Crippen molar-refractivity contribution in [2.75, 3.05) is 6.54 Å². The van der Waals surface area contributed by atoms with Crippen molar-refractivity contribution in [3.05, 3.63) is 42.1 Å². The Kier molecular flexibility index (Phi) is 4.31. The SMILES string of the molecule is CCCNC(CC1CCC1)c1ccc2ccccc2n1. The van der Waals surface area contributed by atoms with Crippen LogP contribution < -0.4 is 5.32 Å². The molecule has 0 aliphatic heterocycles. The number of rotatable bonds is 6. The summed E-state index contributed by atoms with van der Waals surface area (Å²) in [5.41, 5.74) is 2.32. The molecule has 1 fully saturated rings. The molecule has 2 heteroatoms. The topological polar surface area (TPSA) is 24.9 Å². The van der Waals surface area contributed by atoms with E-state index >= 15 is 0 Å². The van der Waals surface area contributed by atoms with E-state index in [9.17, 15) is 0 Å². The van der Waals surface area contributed by atoms with Crippen LogP contribution >= 0.6 is 0 Å². The summed E-state index contributed by atoms with van der Waals surface area (Å²) in [5.74, 6) is 0.901. The Hall–Kier alpha value is -1.41. The monoisotopic (exact) mass is 268 g/mol. The number of benzene rings is 1. The molecule has 106 valence electrons. The molecule has 0 amide bonds. The predicted molar refractivity (Wildman–Crippen MR) is 84.7 cm³/mol. The first-order valence-electron chi connectivity index (χ1n) is 7.96. The van der Waals surface area contributed by atoms with Crippen LogP contribution in [-0.2, 0) is 0 Å². The normalized spacial score (nSPS) is 17.1. The minimum Gasteiger partial charge on any atom is -0.309 e. The molecule has 1 aliphatic carbocycles. The zero-order valence-electron chi connectivity index (χ0n) is 12.3. The predicted octanol–water partition coefficient (Wildman–Crippen LogP) is 4.47. The Balaban J connectivity index is 1.82. The zero-order valence-corrected chi connectivity index (χ0v) is 12.3. The first-order chi connectivity index (χ1) is 9.86. The van der Waals surface area contributed by atoms with Gasteiger partial charge in [0, 0.05) is 11.4 Å². The van der Waals surface area contributed by atoms with Crippen LogP contribution in [0.3, 0.4) is 0 Å². The number of fused-ring (bicyclic) bond motifs is 1. The average molecular weight is 268 g/mol. The number of aromatic nitrogens is 1. The van der Waals surface area contributed by atoms with Gasteiger partial charge >= 0.3 is 0 Å². The molecule has 20 heavy (non-hydrogen) atoms. The molecule has 1 aromatic carbocycles. The van der Waals surface area contributed by atoms with Crippen molar-refractivity contribution in [1.29, 1.82) is 0 Å². The van der Waals surface area contributed by atoms with Gasteiger partial charge in [0.25, 0.3) is 0 Å². The fourth-order valence-electron chi connectivity index (χ4n) is 2.96. The number of para-hydroxylation sites is 1. The zero-order chi connectivity index (χ0) is 13.8. The Labute approximate surface area is 121 Å². The molecule has 1 N–H and O–H groups in total. The van der Waals surface area contributed by atoms with Crippen LogP contribution in [0.5, 0.6) is 0 Å². The van der Waals surface area contributed by atoms with Crippen molar-refractivity contribution in [3.8, 4) is 0 Å². The lowest BCUT2D eigenvalue weighted by atomic mass is 9.80. The average Bonchev–Trinajstić information content (AvgIpc) is 2.45. The molecule has 1 saturated carbocycles. The Bertz CT molecular complexity index is 560. The van der Waals surface area contributed by atoms with Gasteiger partial charge in [0.1, 0.15) is 0 Å². The smallest absolute Gasteiger partial charge is 0.0706 e. The second-order valence-corrected chi connectivity index (χ2v) is 5.97. The highest BCUT2D eigenvalue weighted by Gasteiger charge is 2.23. The highest BCUT2D eigenvalue weighted by Crippen LogP contribution is 2.34. The van der Waals surface area contributed by atoms with Gasteiger partial charge < -0.3 is 5.32 Å². The summed E-state index contributed by atoms with van der Waals surface area (Å²) < 4.78 is 0. The van der Waals surface area contributed by atoms with Crippen molar-refractivity contribution in [2.45, 2.75) is 45.1 Å². The van der Waals surface area contributed by atoms with Gasteiger partial charge in [-0.3, -0.25) is 4.98 Å². The molecular weight excluding hydrogens is 244 g/mol. The Morgan fingerprint density at radius 3 is 2.80 bits per heavy atom. The number of pyridine rings is 1. The van der Waals surface area contributed by atoms with Gasteiger partial charge in [-0.15, -0.1) is 0 Å². The molecular formula is C18H24N2. The highest BCUT2D eigenvalue weighted by molar-refractivity contribution is 5.78. The van der Waals surface area contributed by atoms with Gasteiger partial charge in [0.15, 0.2) is 0 Å². The summed E-state index contributed by atoms with van der Waals surface area (Å²) in [6.45, 7) is 3.30. The van der Waals surface area contributed by atoms with E-state index in [1.165, 1.54) is 43.2 Å². The summed E-state index contributed by atoms with van der Waals surface area (Å²) >= 11 is 0. The van der Waals surface area contributed by atoms with Crippen LogP contribution in [0, 0.1) is 5.92 Å². The molecule has 0 radical (unpaired) electrons. The molecule has 0 spiro atoms. The third-order valence-electron chi connectivity index (χ3n) is 4.41.